The summed E-state index contributed by atoms with van der Waals surface area (Å²) in [5, 5.41) is 16.4. The zero-order valence-corrected chi connectivity index (χ0v) is 13.6. The Morgan fingerprint density at radius 3 is 2.80 bits per heavy atom. The molecule has 0 saturated heterocycles. The summed E-state index contributed by atoms with van der Waals surface area (Å²) in [5.41, 5.74) is 5.43. The summed E-state index contributed by atoms with van der Waals surface area (Å²) in [6.45, 7) is 9.15. The Hall–Kier alpha value is -1.14. The van der Waals surface area contributed by atoms with E-state index >= 15 is 0 Å². The second-order valence-corrected chi connectivity index (χ2v) is 7.08. The summed E-state index contributed by atoms with van der Waals surface area (Å²) in [5.74, 6) is 0.303. The van der Waals surface area contributed by atoms with Crippen molar-refractivity contribution >= 4 is 17.2 Å². The van der Waals surface area contributed by atoms with Crippen molar-refractivity contribution in [2.45, 2.75) is 53.0 Å². The van der Waals surface area contributed by atoms with Gasteiger partial charge in [-0.3, -0.25) is 0 Å². The van der Waals surface area contributed by atoms with Crippen LogP contribution in [0, 0.1) is 12.3 Å². The van der Waals surface area contributed by atoms with Crippen molar-refractivity contribution in [3.63, 3.8) is 0 Å². The van der Waals surface area contributed by atoms with E-state index in [1.54, 1.807) is 11.3 Å². The molecule has 0 saturated carbocycles. The lowest BCUT2D eigenvalue weighted by Gasteiger charge is -2.22. The van der Waals surface area contributed by atoms with Crippen molar-refractivity contribution in [3.05, 3.63) is 16.1 Å². The highest BCUT2D eigenvalue weighted by molar-refractivity contribution is 7.11. The third kappa shape index (κ3) is 5.09. The lowest BCUT2D eigenvalue weighted by Crippen LogP contribution is -2.32. The van der Waals surface area contributed by atoms with Crippen molar-refractivity contribution in [2.24, 2.45) is 16.3 Å². The predicted octanol–water partition coefficient (Wildman–Crippen LogP) is 3.05. The minimum Gasteiger partial charge on any atom is -0.409 e. The van der Waals surface area contributed by atoms with Gasteiger partial charge in [0.25, 0.3) is 0 Å². The first-order valence-electron chi connectivity index (χ1n) is 7.00. The van der Waals surface area contributed by atoms with Crippen molar-refractivity contribution in [1.82, 2.24) is 10.3 Å². The fraction of sp³-hybridized carbons (Fsp3) is 0.714. The maximum Gasteiger partial charge on any atom is 0.144 e. The average Bonchev–Trinajstić information content (AvgIpc) is 2.83. The first-order valence-corrected chi connectivity index (χ1v) is 7.82. The van der Waals surface area contributed by atoms with Gasteiger partial charge in [0.15, 0.2) is 0 Å². The van der Waals surface area contributed by atoms with E-state index in [2.05, 4.69) is 29.3 Å². The molecule has 4 N–H and O–H groups in total. The number of rotatable bonds is 8. The zero-order chi connectivity index (χ0) is 15.2. The number of thiazole rings is 1. The first-order chi connectivity index (χ1) is 9.36. The Morgan fingerprint density at radius 2 is 2.25 bits per heavy atom. The van der Waals surface area contributed by atoms with Gasteiger partial charge in [0, 0.05) is 16.5 Å². The molecule has 0 radical (unpaired) electrons. The molecule has 0 amide bonds. The zero-order valence-electron chi connectivity index (χ0n) is 12.8. The first kappa shape index (κ1) is 16.9. The maximum absolute atomic E-state index is 8.72. The molecule has 5 nitrogen and oxygen atoms in total. The molecule has 114 valence electrons. The Balaban J connectivity index is 2.22. The molecule has 0 bridgehead atoms. The van der Waals surface area contributed by atoms with Crippen LogP contribution in [-0.2, 0) is 0 Å². The summed E-state index contributed by atoms with van der Waals surface area (Å²) in [4.78, 5) is 5.63. The predicted molar refractivity (Wildman–Crippen MR) is 84.3 cm³/mol. The lowest BCUT2D eigenvalue weighted by atomic mass is 9.86. The average molecular weight is 298 g/mol. The molecule has 1 unspecified atom stereocenters. The third-order valence-corrected chi connectivity index (χ3v) is 4.59. The van der Waals surface area contributed by atoms with E-state index in [4.69, 9.17) is 10.9 Å². The summed E-state index contributed by atoms with van der Waals surface area (Å²) < 4.78 is 0. The third-order valence-electron chi connectivity index (χ3n) is 3.49. The molecular formula is C14H26N4OS. The highest BCUT2D eigenvalue weighted by Gasteiger charge is 2.22. The number of hydrogen-bond donors (Lipinski definition) is 3. The SMILES string of the molecule is Cc1cnc(C(C)NCCCCC(C)(C)/C(N)=N/O)s1. The number of unbranched alkanes of at least 4 members (excludes halogenated alkanes) is 1. The molecule has 1 aromatic heterocycles. The minimum absolute atomic E-state index is 0.243. The Bertz CT molecular complexity index is 442. The molecule has 0 aromatic carbocycles. The Labute approximate surface area is 125 Å². The van der Waals surface area contributed by atoms with Crippen LogP contribution in [0.5, 0.6) is 0 Å². The van der Waals surface area contributed by atoms with Gasteiger partial charge in [0.1, 0.15) is 10.8 Å². The number of nitrogens with one attached hydrogen (secondary N) is 1. The monoisotopic (exact) mass is 298 g/mol. The number of nitrogens with two attached hydrogens (primary N) is 1. The van der Waals surface area contributed by atoms with Crippen LogP contribution in [0.2, 0.25) is 0 Å². The van der Waals surface area contributed by atoms with Gasteiger partial charge in [0.05, 0.1) is 6.04 Å². The van der Waals surface area contributed by atoms with Gasteiger partial charge in [-0.05, 0) is 33.2 Å². The minimum atomic E-state index is -0.243. The van der Waals surface area contributed by atoms with Crippen LogP contribution in [0.3, 0.4) is 0 Å². The molecule has 0 aliphatic rings. The number of aryl methyl sites for hydroxylation is 1. The van der Waals surface area contributed by atoms with Gasteiger partial charge < -0.3 is 16.3 Å². The highest BCUT2D eigenvalue weighted by Crippen LogP contribution is 2.23. The van der Waals surface area contributed by atoms with Crippen LogP contribution >= 0.6 is 11.3 Å². The molecule has 1 rings (SSSR count). The molecule has 0 aliphatic heterocycles. The van der Waals surface area contributed by atoms with E-state index in [-0.39, 0.29) is 5.41 Å². The van der Waals surface area contributed by atoms with Gasteiger partial charge >= 0.3 is 0 Å². The number of oxime groups is 1. The molecule has 20 heavy (non-hydrogen) atoms. The second-order valence-electron chi connectivity index (χ2n) is 5.81. The highest BCUT2D eigenvalue weighted by atomic mass is 32.1. The number of hydrogen-bond acceptors (Lipinski definition) is 5. The maximum atomic E-state index is 8.72. The fourth-order valence-corrected chi connectivity index (χ4v) is 2.73. The molecule has 0 spiro atoms. The quantitative estimate of drug-likeness (QED) is 0.226. The molecule has 0 fully saturated rings. The van der Waals surface area contributed by atoms with Gasteiger partial charge in [-0.2, -0.15) is 0 Å². The Kier molecular flexibility index (Phi) is 6.42. The van der Waals surface area contributed by atoms with Gasteiger partial charge in [-0.15, -0.1) is 11.3 Å². The lowest BCUT2D eigenvalue weighted by molar-refractivity contribution is 0.304. The van der Waals surface area contributed by atoms with E-state index in [1.165, 1.54) is 4.88 Å². The van der Waals surface area contributed by atoms with Crippen LogP contribution < -0.4 is 11.1 Å². The molecular weight excluding hydrogens is 272 g/mol. The van der Waals surface area contributed by atoms with E-state index in [0.29, 0.717) is 11.9 Å². The van der Waals surface area contributed by atoms with Crippen LogP contribution in [0.1, 0.15) is 56.0 Å². The molecule has 0 aliphatic carbocycles. The van der Waals surface area contributed by atoms with Crippen LogP contribution in [0.15, 0.2) is 11.4 Å². The van der Waals surface area contributed by atoms with E-state index in [9.17, 15) is 0 Å². The molecule has 6 heteroatoms. The van der Waals surface area contributed by atoms with E-state index in [1.807, 2.05) is 20.0 Å². The van der Waals surface area contributed by atoms with Gasteiger partial charge in [-0.1, -0.05) is 25.4 Å². The van der Waals surface area contributed by atoms with Crippen LogP contribution in [-0.4, -0.2) is 22.6 Å². The topological polar surface area (TPSA) is 83.5 Å². The largest absolute Gasteiger partial charge is 0.409 e. The fourth-order valence-electron chi connectivity index (χ4n) is 1.93. The van der Waals surface area contributed by atoms with Gasteiger partial charge in [0.2, 0.25) is 0 Å². The number of nitrogens with zero attached hydrogens (tertiary/aromatic N) is 2. The number of aromatic nitrogens is 1. The standard InChI is InChI=1S/C14H26N4OS/c1-10-9-17-12(20-10)11(2)16-8-6-5-7-14(3,4)13(15)18-19/h9,11,16,19H,5-8H2,1-4H3,(H2,15,18). The van der Waals surface area contributed by atoms with Crippen molar-refractivity contribution in [2.75, 3.05) is 6.54 Å². The summed E-state index contributed by atoms with van der Waals surface area (Å²) in [6.07, 6.45) is 4.93. The normalized spacial score (nSPS) is 14.5. The summed E-state index contributed by atoms with van der Waals surface area (Å²) in [6, 6.07) is 0.297. The molecule has 1 atom stereocenters. The summed E-state index contributed by atoms with van der Waals surface area (Å²) in [7, 11) is 0. The van der Waals surface area contributed by atoms with Gasteiger partial charge in [-0.25, -0.2) is 4.98 Å². The van der Waals surface area contributed by atoms with Crippen molar-refractivity contribution in [1.29, 1.82) is 0 Å². The molecule has 1 aromatic rings. The molecule has 1 heterocycles. The van der Waals surface area contributed by atoms with E-state index in [0.717, 1.165) is 30.8 Å². The van der Waals surface area contributed by atoms with Crippen molar-refractivity contribution < 1.29 is 5.21 Å². The van der Waals surface area contributed by atoms with Crippen LogP contribution in [0.25, 0.3) is 0 Å². The number of amidine groups is 1. The Morgan fingerprint density at radius 1 is 1.55 bits per heavy atom. The van der Waals surface area contributed by atoms with Crippen LogP contribution in [0.4, 0.5) is 0 Å². The smallest absolute Gasteiger partial charge is 0.144 e. The second kappa shape index (κ2) is 7.59. The summed E-state index contributed by atoms with van der Waals surface area (Å²) >= 11 is 1.74. The van der Waals surface area contributed by atoms with E-state index < -0.39 is 0 Å². The van der Waals surface area contributed by atoms with Crippen molar-refractivity contribution in [3.8, 4) is 0 Å².